The largest absolute Gasteiger partial charge is 0.496 e. The number of carbonyl (C=O) groups excluding carboxylic acids is 1. The van der Waals surface area contributed by atoms with Gasteiger partial charge < -0.3 is 19.9 Å². The molecular weight excluding hydrogens is 462 g/mol. The maximum atomic E-state index is 16.1. The van der Waals surface area contributed by atoms with E-state index in [2.05, 4.69) is 23.3 Å². The average molecular weight is 497 g/mol. The third-order valence-corrected chi connectivity index (χ3v) is 7.51. The Bertz CT molecular complexity index is 1290. The lowest BCUT2D eigenvalue weighted by Gasteiger charge is -2.44. The van der Waals surface area contributed by atoms with Crippen molar-refractivity contribution in [3.8, 4) is 5.75 Å². The molecular formula is C28H34F2N4O2. The van der Waals surface area contributed by atoms with E-state index >= 15 is 8.78 Å². The number of nitrogens with zero attached hydrogens (tertiary/aromatic N) is 2. The standard InChI is InChI=1S/C28H34F2N4O2/c1-16-10-20-19-8-6-7-9-22(19)32-25(20)26(34(16)15-28(2,3)30)24-21(29)11-18(12-23(24)36-5)33-13-17(14-33)27(35)31-4/h6-9,11-12,16-17,26,32H,10,13-15H2,1-5H3,(H,31,35)/t16-,26-/m1/s1. The van der Waals surface area contributed by atoms with Crippen LogP contribution in [0.4, 0.5) is 14.5 Å². The predicted octanol–water partition coefficient (Wildman–Crippen LogP) is 4.58. The number of methoxy groups -OCH3 is 1. The molecule has 0 spiro atoms. The van der Waals surface area contributed by atoms with E-state index in [0.29, 0.717) is 30.1 Å². The summed E-state index contributed by atoms with van der Waals surface area (Å²) >= 11 is 0. The SMILES string of the molecule is CNC(=O)C1CN(c2cc(F)c([C@@H]3c4[nH]c5ccccc5c4C[C@@H](C)N3CC(C)(C)F)c(OC)c2)C1. The summed E-state index contributed by atoms with van der Waals surface area (Å²) in [5, 5.41) is 3.78. The molecule has 0 bridgehead atoms. The van der Waals surface area contributed by atoms with Crippen LogP contribution in [0.3, 0.4) is 0 Å². The van der Waals surface area contributed by atoms with E-state index < -0.39 is 17.5 Å². The Morgan fingerprint density at radius 3 is 2.64 bits per heavy atom. The highest BCUT2D eigenvalue weighted by Crippen LogP contribution is 2.46. The maximum absolute atomic E-state index is 16.1. The molecule has 0 radical (unpaired) electrons. The molecule has 1 amide bonds. The van der Waals surface area contributed by atoms with Gasteiger partial charge in [-0.15, -0.1) is 0 Å². The molecule has 5 rings (SSSR count). The van der Waals surface area contributed by atoms with Crippen molar-refractivity contribution >= 4 is 22.5 Å². The van der Waals surface area contributed by atoms with Gasteiger partial charge in [-0.25, -0.2) is 8.78 Å². The van der Waals surface area contributed by atoms with E-state index in [4.69, 9.17) is 4.74 Å². The third kappa shape index (κ3) is 4.21. The van der Waals surface area contributed by atoms with Crippen molar-refractivity contribution in [2.45, 2.75) is 44.9 Å². The number of H-pyrrole nitrogens is 1. The maximum Gasteiger partial charge on any atom is 0.226 e. The number of aromatic amines is 1. The topological polar surface area (TPSA) is 60.6 Å². The van der Waals surface area contributed by atoms with Crippen molar-refractivity contribution in [3.05, 3.63) is 59.0 Å². The number of hydrogen-bond donors (Lipinski definition) is 2. The van der Waals surface area contributed by atoms with Crippen LogP contribution in [0.5, 0.6) is 5.75 Å². The molecule has 6 nitrogen and oxygen atoms in total. The number of aromatic nitrogens is 1. The van der Waals surface area contributed by atoms with Crippen molar-refractivity contribution in [1.82, 2.24) is 15.2 Å². The van der Waals surface area contributed by atoms with E-state index in [1.165, 1.54) is 13.2 Å². The Balaban J connectivity index is 1.61. The normalized spacial score (nSPS) is 20.8. The van der Waals surface area contributed by atoms with E-state index in [9.17, 15) is 4.79 Å². The van der Waals surface area contributed by atoms with Crippen LogP contribution in [0.1, 0.15) is 43.6 Å². The number of halogens is 2. The minimum atomic E-state index is -1.47. The Morgan fingerprint density at radius 1 is 1.25 bits per heavy atom. The van der Waals surface area contributed by atoms with Crippen molar-refractivity contribution in [2.75, 3.05) is 38.7 Å². The van der Waals surface area contributed by atoms with Gasteiger partial charge in [-0.3, -0.25) is 9.69 Å². The summed E-state index contributed by atoms with van der Waals surface area (Å²) in [4.78, 5) is 19.5. The third-order valence-electron chi connectivity index (χ3n) is 7.51. The van der Waals surface area contributed by atoms with Gasteiger partial charge in [-0.05, 0) is 44.9 Å². The van der Waals surface area contributed by atoms with Gasteiger partial charge in [0, 0.05) is 61.1 Å². The average Bonchev–Trinajstić information content (AvgIpc) is 3.16. The van der Waals surface area contributed by atoms with Crippen LogP contribution in [0, 0.1) is 11.7 Å². The first-order valence-corrected chi connectivity index (χ1v) is 12.5. The van der Waals surface area contributed by atoms with Crippen LogP contribution in [-0.4, -0.2) is 61.3 Å². The molecule has 1 saturated heterocycles. The fourth-order valence-corrected chi connectivity index (χ4v) is 5.75. The smallest absolute Gasteiger partial charge is 0.226 e. The molecule has 2 aliphatic heterocycles. The second-order valence-corrected chi connectivity index (χ2v) is 10.7. The minimum Gasteiger partial charge on any atom is -0.496 e. The molecule has 2 atom stereocenters. The molecule has 192 valence electrons. The monoisotopic (exact) mass is 496 g/mol. The number of alkyl halides is 1. The summed E-state index contributed by atoms with van der Waals surface area (Å²) in [6, 6.07) is 10.9. The molecule has 2 N–H and O–H groups in total. The Hall–Kier alpha value is -3.13. The van der Waals surface area contributed by atoms with Crippen LogP contribution in [0.25, 0.3) is 10.9 Å². The Labute approximate surface area is 210 Å². The number of fused-ring (bicyclic) bond motifs is 3. The van der Waals surface area contributed by atoms with Gasteiger partial charge in [-0.1, -0.05) is 18.2 Å². The lowest BCUT2D eigenvalue weighted by Crippen LogP contribution is -2.53. The molecule has 1 aromatic heterocycles. The number of benzene rings is 2. The van der Waals surface area contributed by atoms with Gasteiger partial charge in [0.1, 0.15) is 17.2 Å². The molecule has 3 aromatic rings. The van der Waals surface area contributed by atoms with Crippen LogP contribution >= 0.6 is 0 Å². The zero-order valence-corrected chi connectivity index (χ0v) is 21.5. The van der Waals surface area contributed by atoms with E-state index in [-0.39, 0.29) is 24.4 Å². The van der Waals surface area contributed by atoms with E-state index in [0.717, 1.165) is 28.6 Å². The van der Waals surface area contributed by atoms with Crippen molar-refractivity contribution in [2.24, 2.45) is 5.92 Å². The number of carbonyl (C=O) groups is 1. The van der Waals surface area contributed by atoms with Crippen LogP contribution in [0.2, 0.25) is 0 Å². The first-order valence-electron chi connectivity index (χ1n) is 12.5. The van der Waals surface area contributed by atoms with Gasteiger partial charge in [0.15, 0.2) is 0 Å². The molecule has 0 saturated carbocycles. The summed E-state index contributed by atoms with van der Waals surface area (Å²) < 4.78 is 36.9. The summed E-state index contributed by atoms with van der Waals surface area (Å²) in [7, 11) is 3.16. The van der Waals surface area contributed by atoms with Gasteiger partial charge in [0.05, 0.1) is 24.6 Å². The highest BCUT2D eigenvalue weighted by atomic mass is 19.1. The molecule has 36 heavy (non-hydrogen) atoms. The van der Waals surface area contributed by atoms with Crippen molar-refractivity contribution in [1.29, 1.82) is 0 Å². The summed E-state index contributed by atoms with van der Waals surface area (Å²) in [6.45, 7) is 6.38. The summed E-state index contributed by atoms with van der Waals surface area (Å²) in [5.74, 6) is -0.113. The van der Waals surface area contributed by atoms with Crippen molar-refractivity contribution < 1.29 is 18.3 Å². The van der Waals surface area contributed by atoms with Crippen LogP contribution < -0.4 is 15.0 Å². The van der Waals surface area contributed by atoms with Gasteiger partial charge >= 0.3 is 0 Å². The number of para-hydroxylation sites is 1. The van der Waals surface area contributed by atoms with E-state index in [1.807, 2.05) is 34.1 Å². The lowest BCUT2D eigenvalue weighted by molar-refractivity contribution is -0.125. The molecule has 2 aromatic carbocycles. The van der Waals surface area contributed by atoms with E-state index in [1.54, 1.807) is 20.9 Å². The summed E-state index contributed by atoms with van der Waals surface area (Å²) in [5.41, 5.74) is 2.61. The highest BCUT2D eigenvalue weighted by molar-refractivity contribution is 5.85. The number of anilines is 1. The first kappa shape index (κ1) is 24.6. The lowest BCUT2D eigenvalue weighted by atomic mass is 9.86. The number of rotatable bonds is 6. The second-order valence-electron chi connectivity index (χ2n) is 10.7. The Morgan fingerprint density at radius 2 is 1.97 bits per heavy atom. The first-order chi connectivity index (χ1) is 17.1. The summed E-state index contributed by atoms with van der Waals surface area (Å²) in [6.07, 6.45) is 0.739. The highest BCUT2D eigenvalue weighted by Gasteiger charge is 2.41. The molecule has 8 heteroatoms. The fourth-order valence-electron chi connectivity index (χ4n) is 5.75. The van der Waals surface area contributed by atoms with Crippen LogP contribution in [-0.2, 0) is 11.2 Å². The van der Waals surface area contributed by atoms with Gasteiger partial charge in [0.25, 0.3) is 0 Å². The van der Waals surface area contributed by atoms with Crippen molar-refractivity contribution in [3.63, 3.8) is 0 Å². The molecule has 0 aliphatic carbocycles. The zero-order chi connectivity index (χ0) is 25.8. The molecule has 0 unspecified atom stereocenters. The second kappa shape index (κ2) is 9.07. The predicted molar refractivity (Wildman–Crippen MR) is 138 cm³/mol. The van der Waals surface area contributed by atoms with Gasteiger partial charge in [0.2, 0.25) is 5.91 Å². The minimum absolute atomic E-state index is 0.00999. The number of amides is 1. The molecule has 1 fully saturated rings. The number of hydrogen-bond acceptors (Lipinski definition) is 4. The zero-order valence-electron chi connectivity index (χ0n) is 21.5. The van der Waals surface area contributed by atoms with Crippen LogP contribution in [0.15, 0.2) is 36.4 Å². The number of nitrogens with one attached hydrogen (secondary N) is 2. The Kier molecular flexibility index (Phi) is 6.19. The fraction of sp³-hybridized carbons (Fsp3) is 0.464. The molecule has 3 heterocycles. The number of ether oxygens (including phenoxy) is 1. The van der Waals surface area contributed by atoms with Gasteiger partial charge in [-0.2, -0.15) is 0 Å². The molecule has 2 aliphatic rings. The quantitative estimate of drug-likeness (QED) is 0.525.